The topological polar surface area (TPSA) is 81.7 Å². The molecule has 6 nitrogen and oxygen atoms in total. The highest BCUT2D eigenvalue weighted by Gasteiger charge is 2.47. The summed E-state index contributed by atoms with van der Waals surface area (Å²) in [5.41, 5.74) is 2.44. The summed E-state index contributed by atoms with van der Waals surface area (Å²) in [7, 11) is 1.25. The zero-order valence-electron chi connectivity index (χ0n) is 16.9. The molecule has 1 aliphatic carbocycles. The number of rotatable bonds is 4. The average molecular weight is 401 g/mol. The molecule has 3 atom stereocenters. The molecule has 7 heteroatoms. The lowest BCUT2D eigenvalue weighted by Gasteiger charge is -2.38. The summed E-state index contributed by atoms with van der Waals surface area (Å²) in [5, 5.41) is 3.17. The molecule has 0 aromatic heterocycles. The van der Waals surface area contributed by atoms with Crippen molar-refractivity contribution in [1.29, 1.82) is 0 Å². The van der Waals surface area contributed by atoms with Crippen LogP contribution in [0.1, 0.15) is 38.7 Å². The van der Waals surface area contributed by atoms with Crippen LogP contribution in [-0.2, 0) is 23.9 Å². The van der Waals surface area contributed by atoms with Crippen molar-refractivity contribution in [1.82, 2.24) is 5.32 Å². The van der Waals surface area contributed by atoms with E-state index in [1.54, 1.807) is 26.0 Å². The molecule has 1 aromatic carbocycles. The summed E-state index contributed by atoms with van der Waals surface area (Å²) >= 11 is 0. The molecular weight excluding hydrogens is 377 g/mol. The highest BCUT2D eigenvalue weighted by atomic mass is 19.1. The van der Waals surface area contributed by atoms with Gasteiger partial charge in [0.15, 0.2) is 5.78 Å². The van der Waals surface area contributed by atoms with Gasteiger partial charge in [0.25, 0.3) is 0 Å². The number of carbonyl (C=O) groups is 3. The lowest BCUT2D eigenvalue weighted by molar-refractivity contribution is -0.151. The molecule has 1 aliphatic heterocycles. The quantitative estimate of drug-likeness (QED) is 0.617. The van der Waals surface area contributed by atoms with Crippen LogP contribution in [-0.4, -0.2) is 31.4 Å². The molecule has 154 valence electrons. The van der Waals surface area contributed by atoms with Gasteiger partial charge in [0.1, 0.15) is 11.7 Å². The second-order valence-electron chi connectivity index (χ2n) is 7.31. The molecule has 3 rings (SSSR count). The molecule has 0 amide bonds. The zero-order chi connectivity index (χ0) is 21.3. The second kappa shape index (κ2) is 8.19. The Morgan fingerprint density at radius 3 is 2.48 bits per heavy atom. The number of methoxy groups -OCH3 is 1. The van der Waals surface area contributed by atoms with Crippen molar-refractivity contribution in [3.63, 3.8) is 0 Å². The first-order valence-electron chi connectivity index (χ1n) is 9.55. The third-order valence-electron chi connectivity index (χ3n) is 5.44. The summed E-state index contributed by atoms with van der Waals surface area (Å²) in [5.74, 6) is -3.93. The Kier molecular flexibility index (Phi) is 5.86. The molecule has 0 saturated heterocycles. The lowest BCUT2D eigenvalue weighted by Crippen LogP contribution is -2.43. The van der Waals surface area contributed by atoms with Crippen LogP contribution in [0.15, 0.2) is 46.8 Å². The fourth-order valence-corrected chi connectivity index (χ4v) is 4.15. The SMILES string of the molecule is CCOC(=O)C1=C(C)NC2=C(C(=O)[C@H](C(=O)OC)[C@@H](C)C2)[C@H]1c1ccc(F)cc1. The van der Waals surface area contributed by atoms with Gasteiger partial charge in [-0.15, -0.1) is 0 Å². The van der Waals surface area contributed by atoms with Crippen LogP contribution >= 0.6 is 0 Å². The van der Waals surface area contributed by atoms with E-state index in [0.717, 1.165) is 0 Å². The summed E-state index contributed by atoms with van der Waals surface area (Å²) in [6.45, 7) is 5.43. The molecule has 2 aliphatic rings. The Labute approximate surface area is 168 Å². The number of ketones is 1. The van der Waals surface area contributed by atoms with Crippen LogP contribution < -0.4 is 5.32 Å². The van der Waals surface area contributed by atoms with Crippen LogP contribution in [0.5, 0.6) is 0 Å². The number of dihydropyridines is 1. The molecule has 0 radical (unpaired) electrons. The van der Waals surface area contributed by atoms with Crippen molar-refractivity contribution in [2.75, 3.05) is 13.7 Å². The highest BCUT2D eigenvalue weighted by molar-refractivity contribution is 6.12. The van der Waals surface area contributed by atoms with Gasteiger partial charge in [-0.05, 0) is 43.9 Å². The number of benzene rings is 1. The molecule has 29 heavy (non-hydrogen) atoms. The molecule has 1 heterocycles. The van der Waals surface area contributed by atoms with E-state index in [0.29, 0.717) is 29.0 Å². The zero-order valence-corrected chi connectivity index (χ0v) is 16.9. The first-order valence-corrected chi connectivity index (χ1v) is 9.55. The van der Waals surface area contributed by atoms with Crippen LogP contribution in [0.25, 0.3) is 0 Å². The van der Waals surface area contributed by atoms with Gasteiger partial charge in [-0.3, -0.25) is 9.59 Å². The maximum atomic E-state index is 13.5. The third kappa shape index (κ3) is 3.69. The number of hydrogen-bond donors (Lipinski definition) is 1. The van der Waals surface area contributed by atoms with Crippen molar-refractivity contribution in [3.05, 3.63) is 58.2 Å². The molecule has 1 aromatic rings. The van der Waals surface area contributed by atoms with Crippen LogP contribution in [0.4, 0.5) is 4.39 Å². The van der Waals surface area contributed by atoms with E-state index in [1.807, 2.05) is 6.92 Å². The van der Waals surface area contributed by atoms with Crippen molar-refractivity contribution in [2.45, 2.75) is 33.1 Å². The van der Waals surface area contributed by atoms with Crippen molar-refractivity contribution >= 4 is 17.7 Å². The van der Waals surface area contributed by atoms with Gasteiger partial charge in [0, 0.05) is 22.9 Å². The molecule has 0 bridgehead atoms. The Morgan fingerprint density at radius 1 is 1.24 bits per heavy atom. The smallest absolute Gasteiger partial charge is 0.336 e. The van der Waals surface area contributed by atoms with Gasteiger partial charge in [-0.2, -0.15) is 0 Å². The standard InChI is InChI=1S/C22H24FNO5/c1-5-29-22(27)17-12(3)24-15-10-11(2)16(21(26)28-4)20(25)19(15)18(17)13-6-8-14(23)9-7-13/h6-9,11,16,18,24H,5,10H2,1-4H3/t11-,16+,18-/m0/s1. The van der Waals surface area contributed by atoms with E-state index in [9.17, 15) is 18.8 Å². The highest BCUT2D eigenvalue weighted by Crippen LogP contribution is 2.45. The van der Waals surface area contributed by atoms with Crippen molar-refractivity contribution in [3.8, 4) is 0 Å². The number of Topliss-reactive ketones (excluding diaryl/α,β-unsaturated/α-hetero) is 1. The van der Waals surface area contributed by atoms with E-state index in [1.165, 1.54) is 19.2 Å². The first-order chi connectivity index (χ1) is 13.8. The number of hydrogen-bond acceptors (Lipinski definition) is 6. The molecule has 0 unspecified atom stereocenters. The number of halogens is 1. The van der Waals surface area contributed by atoms with E-state index in [2.05, 4.69) is 5.32 Å². The Hall–Kier alpha value is -2.96. The summed E-state index contributed by atoms with van der Waals surface area (Å²) in [6.07, 6.45) is 0.450. The van der Waals surface area contributed by atoms with E-state index in [-0.39, 0.29) is 23.9 Å². The predicted octanol–water partition coefficient (Wildman–Crippen LogP) is 3.00. The van der Waals surface area contributed by atoms with Crippen molar-refractivity contribution < 1.29 is 28.2 Å². The van der Waals surface area contributed by atoms with Gasteiger partial charge < -0.3 is 14.8 Å². The Balaban J connectivity index is 2.18. The molecule has 0 spiro atoms. The van der Waals surface area contributed by atoms with E-state index >= 15 is 0 Å². The Bertz CT molecular complexity index is 916. The van der Waals surface area contributed by atoms with Gasteiger partial charge >= 0.3 is 11.9 Å². The maximum Gasteiger partial charge on any atom is 0.336 e. The molecule has 1 N–H and O–H groups in total. The largest absolute Gasteiger partial charge is 0.468 e. The van der Waals surface area contributed by atoms with Crippen LogP contribution in [0.3, 0.4) is 0 Å². The van der Waals surface area contributed by atoms with Gasteiger partial charge in [-0.25, -0.2) is 9.18 Å². The minimum atomic E-state index is -0.953. The van der Waals surface area contributed by atoms with Crippen LogP contribution in [0.2, 0.25) is 0 Å². The van der Waals surface area contributed by atoms with E-state index in [4.69, 9.17) is 9.47 Å². The summed E-state index contributed by atoms with van der Waals surface area (Å²) in [6, 6.07) is 5.65. The number of nitrogens with one attached hydrogen (secondary N) is 1. The normalized spacial score (nSPS) is 24.0. The maximum absolute atomic E-state index is 13.5. The third-order valence-corrected chi connectivity index (χ3v) is 5.44. The van der Waals surface area contributed by atoms with Crippen LogP contribution in [0, 0.1) is 17.7 Å². The summed E-state index contributed by atoms with van der Waals surface area (Å²) in [4.78, 5) is 38.5. The Morgan fingerprint density at radius 2 is 1.90 bits per heavy atom. The van der Waals surface area contributed by atoms with E-state index < -0.39 is 29.6 Å². The van der Waals surface area contributed by atoms with Gasteiger partial charge in [-0.1, -0.05) is 19.1 Å². The predicted molar refractivity (Wildman–Crippen MR) is 103 cm³/mol. The van der Waals surface area contributed by atoms with Gasteiger partial charge in [0.05, 0.1) is 19.3 Å². The number of allylic oxidation sites excluding steroid dienone is 3. The average Bonchev–Trinajstić information content (AvgIpc) is 2.67. The van der Waals surface area contributed by atoms with Crippen molar-refractivity contribution in [2.24, 2.45) is 11.8 Å². The monoisotopic (exact) mass is 401 g/mol. The summed E-state index contributed by atoms with van der Waals surface area (Å²) < 4.78 is 23.6. The lowest BCUT2D eigenvalue weighted by atomic mass is 9.69. The first kappa shape index (κ1) is 20.8. The minimum Gasteiger partial charge on any atom is -0.468 e. The fourth-order valence-electron chi connectivity index (χ4n) is 4.15. The number of ether oxygens (including phenoxy) is 2. The number of carbonyl (C=O) groups excluding carboxylic acids is 3. The number of esters is 2. The minimum absolute atomic E-state index is 0.174. The molecular formula is C22H24FNO5. The fraction of sp³-hybridized carbons (Fsp3) is 0.409. The second-order valence-corrected chi connectivity index (χ2v) is 7.31. The molecule has 0 saturated carbocycles. The van der Waals surface area contributed by atoms with Gasteiger partial charge in [0.2, 0.25) is 0 Å². The molecule has 0 fully saturated rings.